The van der Waals surface area contributed by atoms with E-state index in [1.54, 1.807) is 30.5 Å². The molecule has 0 bridgehead atoms. The Morgan fingerprint density at radius 3 is 2.46 bits per heavy atom. The molecule has 0 aliphatic rings. The first-order valence-corrected chi connectivity index (χ1v) is 8.00. The van der Waals surface area contributed by atoms with Gasteiger partial charge in [0.05, 0.1) is 12.2 Å². The van der Waals surface area contributed by atoms with Gasteiger partial charge in [0.1, 0.15) is 0 Å². The second-order valence-electron chi connectivity index (χ2n) is 5.36. The second-order valence-corrected chi connectivity index (χ2v) is 5.80. The maximum absolute atomic E-state index is 12.2. The van der Waals surface area contributed by atoms with Gasteiger partial charge in [-0.15, -0.1) is 0 Å². The number of rotatable bonds is 6. The van der Waals surface area contributed by atoms with Crippen molar-refractivity contribution in [2.24, 2.45) is 0 Å². The first-order chi connectivity index (χ1) is 11.7. The lowest BCUT2D eigenvalue weighted by atomic mass is 10.1. The van der Waals surface area contributed by atoms with Crippen LogP contribution in [0.5, 0.6) is 0 Å². The van der Waals surface area contributed by atoms with Gasteiger partial charge in [0.25, 0.3) is 0 Å². The average Bonchev–Trinajstić information content (AvgIpc) is 2.62. The van der Waals surface area contributed by atoms with Crippen LogP contribution in [0.4, 0.5) is 5.69 Å². The molecule has 5 heteroatoms. The molecular weight excluding hydrogens is 322 g/mol. The van der Waals surface area contributed by atoms with E-state index in [1.165, 1.54) is 0 Å². The Hall–Kier alpha value is -2.72. The highest BCUT2D eigenvalue weighted by molar-refractivity contribution is 6.30. The van der Waals surface area contributed by atoms with Crippen molar-refractivity contribution in [2.45, 2.75) is 13.1 Å². The number of nitrogens with zero attached hydrogens (tertiary/aromatic N) is 2. The van der Waals surface area contributed by atoms with Crippen molar-refractivity contribution in [2.75, 3.05) is 5.32 Å². The molecule has 0 radical (unpaired) electrons. The summed E-state index contributed by atoms with van der Waals surface area (Å²) in [6, 6.07) is 16.7. The molecule has 0 atom stereocenters. The Labute approximate surface area is 145 Å². The number of hydrogen-bond acceptors (Lipinski definition) is 3. The van der Waals surface area contributed by atoms with Gasteiger partial charge in [-0.25, -0.2) is 0 Å². The maximum atomic E-state index is 12.2. The van der Waals surface area contributed by atoms with Gasteiger partial charge in [0.2, 0.25) is 12.3 Å². The molecule has 0 saturated carbocycles. The molecule has 24 heavy (non-hydrogen) atoms. The minimum atomic E-state index is 0.0471. The average molecular weight is 339 g/mol. The van der Waals surface area contributed by atoms with Crippen molar-refractivity contribution < 1.29 is 9.36 Å². The van der Waals surface area contributed by atoms with E-state index in [4.69, 9.17) is 11.6 Å². The molecule has 0 aliphatic carbocycles. The molecule has 0 unspecified atom stereocenters. The van der Waals surface area contributed by atoms with Gasteiger partial charge in [0, 0.05) is 34.6 Å². The minimum Gasteiger partial charge on any atom is -0.379 e. The summed E-state index contributed by atoms with van der Waals surface area (Å²) in [6.45, 7) is 0.955. The molecule has 0 spiro atoms. The van der Waals surface area contributed by atoms with E-state index in [1.807, 2.05) is 47.3 Å². The molecule has 0 aliphatic heterocycles. The smallest absolute Gasteiger partial charge is 0.227 e. The molecule has 3 rings (SSSR count). The lowest BCUT2D eigenvalue weighted by molar-refractivity contribution is -0.683. The number of pyridine rings is 2. The zero-order valence-corrected chi connectivity index (χ0v) is 13.8. The Balaban J connectivity index is 1.58. The van der Waals surface area contributed by atoms with Gasteiger partial charge in [-0.3, -0.25) is 9.78 Å². The number of benzene rings is 1. The fourth-order valence-corrected chi connectivity index (χ4v) is 2.39. The normalized spacial score (nSPS) is 10.4. The zero-order valence-electron chi connectivity index (χ0n) is 13.0. The van der Waals surface area contributed by atoms with E-state index < -0.39 is 0 Å². The van der Waals surface area contributed by atoms with Gasteiger partial charge in [-0.2, -0.15) is 4.57 Å². The fraction of sp³-hybridized carbons (Fsp3) is 0.105. The van der Waals surface area contributed by atoms with Crippen LogP contribution in [0.2, 0.25) is 5.02 Å². The van der Waals surface area contributed by atoms with Gasteiger partial charge in [-0.1, -0.05) is 17.7 Å². The van der Waals surface area contributed by atoms with Crippen LogP contribution in [0, 0.1) is 0 Å². The van der Waals surface area contributed by atoms with Gasteiger partial charge < -0.3 is 5.32 Å². The number of ketones is 1. The molecular formula is C19H17ClN3O+. The number of hydrogen-bond donors (Lipinski definition) is 1. The maximum Gasteiger partial charge on any atom is 0.227 e. The predicted molar refractivity (Wildman–Crippen MR) is 94.0 cm³/mol. The summed E-state index contributed by atoms with van der Waals surface area (Å²) in [5.74, 6) is 0.0471. The van der Waals surface area contributed by atoms with Crippen molar-refractivity contribution in [3.8, 4) is 0 Å². The molecule has 2 heterocycles. The quantitative estimate of drug-likeness (QED) is 0.552. The van der Waals surface area contributed by atoms with Crippen LogP contribution in [-0.4, -0.2) is 10.8 Å². The van der Waals surface area contributed by atoms with E-state index in [0.717, 1.165) is 11.4 Å². The molecule has 0 saturated heterocycles. The number of carbonyl (C=O) groups excluding carboxylic acids is 1. The summed E-state index contributed by atoms with van der Waals surface area (Å²) in [5, 5.41) is 3.93. The third-order valence-electron chi connectivity index (χ3n) is 3.58. The van der Waals surface area contributed by atoms with E-state index in [0.29, 0.717) is 23.7 Å². The van der Waals surface area contributed by atoms with Gasteiger partial charge in [0.15, 0.2) is 12.4 Å². The molecule has 3 aromatic rings. The summed E-state index contributed by atoms with van der Waals surface area (Å²) in [4.78, 5) is 16.5. The number of nitrogens with one attached hydrogen (secondary N) is 1. The van der Waals surface area contributed by atoms with Crippen molar-refractivity contribution in [1.29, 1.82) is 0 Å². The summed E-state index contributed by atoms with van der Waals surface area (Å²) in [7, 11) is 0. The first kappa shape index (κ1) is 16.1. The third-order valence-corrected chi connectivity index (χ3v) is 3.84. The van der Waals surface area contributed by atoms with Crippen LogP contribution in [0.3, 0.4) is 0 Å². The third kappa shape index (κ3) is 4.40. The first-order valence-electron chi connectivity index (χ1n) is 7.62. The monoisotopic (exact) mass is 338 g/mol. The Morgan fingerprint density at radius 1 is 1.04 bits per heavy atom. The highest BCUT2D eigenvalue weighted by atomic mass is 35.5. The Bertz CT molecular complexity index is 802. The van der Waals surface area contributed by atoms with Crippen molar-refractivity contribution in [3.63, 3.8) is 0 Å². The van der Waals surface area contributed by atoms with Gasteiger partial charge >= 0.3 is 0 Å². The highest BCUT2D eigenvalue weighted by Crippen LogP contribution is 2.10. The predicted octanol–water partition coefficient (Wildman–Crippen LogP) is 3.52. The second kappa shape index (κ2) is 7.70. The van der Waals surface area contributed by atoms with E-state index in [9.17, 15) is 4.79 Å². The van der Waals surface area contributed by atoms with Crippen molar-refractivity contribution >= 4 is 23.1 Å². The molecule has 2 aromatic heterocycles. The zero-order chi connectivity index (χ0) is 16.8. The standard InChI is InChI=1S/C19H16ClN3O/c20-16-6-4-15(5-7-16)19(24)14-23-11-8-17(9-12-23)22-13-18-3-1-2-10-21-18/h1-12H,13-14H2/p+1. The molecule has 4 nitrogen and oxygen atoms in total. The van der Waals surface area contributed by atoms with Crippen LogP contribution in [0.1, 0.15) is 16.1 Å². The number of halogens is 1. The van der Waals surface area contributed by atoms with Crippen LogP contribution in [0.25, 0.3) is 0 Å². The highest BCUT2D eigenvalue weighted by Gasteiger charge is 2.11. The van der Waals surface area contributed by atoms with Crippen LogP contribution in [-0.2, 0) is 13.1 Å². The lowest BCUT2D eigenvalue weighted by Crippen LogP contribution is -2.37. The molecule has 0 amide bonds. The molecule has 120 valence electrons. The summed E-state index contributed by atoms with van der Waals surface area (Å²) in [5.41, 5.74) is 2.62. The fourth-order valence-electron chi connectivity index (χ4n) is 2.27. The lowest BCUT2D eigenvalue weighted by Gasteiger charge is -2.05. The Kier molecular flexibility index (Phi) is 5.18. The SMILES string of the molecule is O=C(C[n+]1ccc(NCc2ccccn2)cc1)c1ccc(Cl)cc1. The Morgan fingerprint density at radius 2 is 1.79 bits per heavy atom. The minimum absolute atomic E-state index is 0.0471. The van der Waals surface area contributed by atoms with E-state index in [2.05, 4.69) is 10.3 Å². The topological polar surface area (TPSA) is 45.9 Å². The van der Waals surface area contributed by atoms with Crippen molar-refractivity contribution in [3.05, 3.63) is 89.5 Å². The summed E-state index contributed by atoms with van der Waals surface area (Å²) < 4.78 is 1.85. The number of aromatic nitrogens is 2. The van der Waals surface area contributed by atoms with Crippen molar-refractivity contribution in [1.82, 2.24) is 4.98 Å². The molecule has 0 fully saturated rings. The van der Waals surface area contributed by atoms with E-state index >= 15 is 0 Å². The number of Topliss-reactive ketones (excluding diaryl/α,β-unsaturated/α-hetero) is 1. The van der Waals surface area contributed by atoms with Crippen LogP contribution >= 0.6 is 11.6 Å². The largest absolute Gasteiger partial charge is 0.379 e. The van der Waals surface area contributed by atoms with Gasteiger partial charge in [-0.05, 0) is 36.4 Å². The summed E-state index contributed by atoms with van der Waals surface area (Å²) >= 11 is 5.84. The molecule has 1 N–H and O–H groups in total. The number of anilines is 1. The van der Waals surface area contributed by atoms with E-state index in [-0.39, 0.29) is 5.78 Å². The number of carbonyl (C=O) groups is 1. The van der Waals surface area contributed by atoms with Crippen LogP contribution in [0.15, 0.2) is 73.2 Å². The molecule has 1 aromatic carbocycles. The summed E-state index contributed by atoms with van der Waals surface area (Å²) in [6.07, 6.45) is 5.54. The van der Waals surface area contributed by atoms with Crippen LogP contribution < -0.4 is 9.88 Å².